The van der Waals surface area contributed by atoms with E-state index in [0.29, 0.717) is 11.1 Å². The summed E-state index contributed by atoms with van der Waals surface area (Å²) >= 11 is 0. The Morgan fingerprint density at radius 3 is 1.60 bits per heavy atom. The van der Waals surface area contributed by atoms with Gasteiger partial charge in [0, 0.05) is 16.8 Å². The number of nitrogen functional groups attached to an aromatic ring is 1. The lowest BCUT2D eigenvalue weighted by atomic mass is 9.95. The highest BCUT2D eigenvalue weighted by molar-refractivity contribution is 6.21. The van der Waals surface area contributed by atoms with Gasteiger partial charge < -0.3 is 5.73 Å². The van der Waals surface area contributed by atoms with Crippen LogP contribution in [0.25, 0.3) is 0 Å². The van der Waals surface area contributed by atoms with Crippen molar-refractivity contribution < 1.29 is 9.59 Å². The molecule has 2 N–H and O–H groups in total. The number of fused-ring (bicyclic) bond motifs is 1. The van der Waals surface area contributed by atoms with Gasteiger partial charge in [-0.1, -0.05) is 42.5 Å². The number of anilines is 1. The Labute approximate surface area is 117 Å². The molecule has 0 aliphatic heterocycles. The predicted molar refractivity (Wildman–Crippen MR) is 79.8 cm³/mol. The van der Waals surface area contributed by atoms with Gasteiger partial charge in [-0.15, -0.1) is 0 Å². The van der Waals surface area contributed by atoms with Crippen LogP contribution in [0.1, 0.15) is 26.3 Å². The lowest BCUT2D eigenvalue weighted by Gasteiger charge is -2.06. The first kappa shape index (κ1) is 13.7. The molecule has 0 saturated carbocycles. The van der Waals surface area contributed by atoms with Gasteiger partial charge in [0.2, 0.25) is 0 Å². The van der Waals surface area contributed by atoms with Crippen LogP contribution in [0.5, 0.6) is 0 Å². The van der Waals surface area contributed by atoms with E-state index in [4.69, 9.17) is 5.73 Å². The maximum atomic E-state index is 11.2. The van der Waals surface area contributed by atoms with E-state index in [1.807, 2.05) is 31.2 Å². The number of allylic oxidation sites excluding steroid dienone is 2. The molecule has 0 unspecified atom stereocenters. The van der Waals surface area contributed by atoms with Gasteiger partial charge in [-0.25, -0.2) is 0 Å². The second-order valence-electron chi connectivity index (χ2n) is 4.46. The molecule has 0 atom stereocenters. The Bertz CT molecular complexity index is 629. The van der Waals surface area contributed by atoms with E-state index in [1.54, 1.807) is 24.3 Å². The normalized spacial score (nSPS) is 12.4. The van der Waals surface area contributed by atoms with Gasteiger partial charge in [-0.3, -0.25) is 9.59 Å². The molecule has 0 heterocycles. The van der Waals surface area contributed by atoms with E-state index in [0.717, 1.165) is 11.3 Å². The minimum Gasteiger partial charge on any atom is -0.399 e. The van der Waals surface area contributed by atoms with E-state index < -0.39 is 0 Å². The van der Waals surface area contributed by atoms with Crippen molar-refractivity contribution in [3.8, 4) is 0 Å². The zero-order chi connectivity index (χ0) is 14.5. The van der Waals surface area contributed by atoms with Crippen LogP contribution in [0, 0.1) is 6.92 Å². The van der Waals surface area contributed by atoms with Crippen LogP contribution in [0.4, 0.5) is 5.69 Å². The molecular weight excluding hydrogens is 250 g/mol. The minimum absolute atomic E-state index is 0.0924. The first-order chi connectivity index (χ1) is 9.59. The standard InChI is InChI=1S/C10H6O2.C7H9N/c11-9-5-6-10(12)8-4-2-1-3-7(8)9;1-6-4-2-3-5-7(6)8/h1-6H;2-5H,8H2,1H3. The molecule has 0 spiro atoms. The minimum atomic E-state index is -0.0924. The van der Waals surface area contributed by atoms with Gasteiger partial charge in [-0.05, 0) is 30.7 Å². The topological polar surface area (TPSA) is 60.2 Å². The fourth-order valence-electron chi connectivity index (χ4n) is 1.83. The van der Waals surface area contributed by atoms with Crippen molar-refractivity contribution in [3.05, 3.63) is 77.4 Å². The lowest BCUT2D eigenvalue weighted by molar-refractivity contribution is 0.0994. The van der Waals surface area contributed by atoms with E-state index in [2.05, 4.69) is 0 Å². The van der Waals surface area contributed by atoms with Crippen molar-refractivity contribution in [2.75, 3.05) is 5.73 Å². The number of hydrogen-bond donors (Lipinski definition) is 1. The van der Waals surface area contributed by atoms with Gasteiger partial charge >= 0.3 is 0 Å². The molecular formula is C17H15NO2. The molecule has 2 aromatic carbocycles. The van der Waals surface area contributed by atoms with E-state index >= 15 is 0 Å². The summed E-state index contributed by atoms with van der Waals surface area (Å²) in [6.45, 7) is 2.00. The van der Waals surface area contributed by atoms with Crippen LogP contribution < -0.4 is 5.73 Å². The Kier molecular flexibility index (Phi) is 4.11. The molecule has 0 amide bonds. The van der Waals surface area contributed by atoms with Crippen LogP contribution in [0.3, 0.4) is 0 Å². The van der Waals surface area contributed by atoms with Gasteiger partial charge in [0.05, 0.1) is 0 Å². The lowest BCUT2D eigenvalue weighted by Crippen LogP contribution is -2.10. The van der Waals surface area contributed by atoms with Crippen LogP contribution >= 0.6 is 0 Å². The molecule has 3 nitrogen and oxygen atoms in total. The predicted octanol–water partition coefficient (Wildman–Crippen LogP) is 3.20. The Hall–Kier alpha value is -2.68. The average Bonchev–Trinajstić information content (AvgIpc) is 2.47. The highest BCUT2D eigenvalue weighted by Crippen LogP contribution is 2.15. The summed E-state index contributed by atoms with van der Waals surface area (Å²) in [4.78, 5) is 22.4. The molecule has 100 valence electrons. The molecule has 1 aliphatic rings. The molecule has 3 rings (SSSR count). The molecule has 0 bridgehead atoms. The summed E-state index contributed by atoms with van der Waals surface area (Å²) in [5.74, 6) is -0.185. The van der Waals surface area contributed by atoms with Crippen molar-refractivity contribution in [2.45, 2.75) is 6.92 Å². The molecule has 1 aliphatic carbocycles. The van der Waals surface area contributed by atoms with Crippen molar-refractivity contribution in [1.82, 2.24) is 0 Å². The van der Waals surface area contributed by atoms with Crippen LogP contribution in [0.15, 0.2) is 60.7 Å². The number of carbonyl (C=O) groups excluding carboxylic acids is 2. The third kappa shape index (κ3) is 3.01. The number of benzene rings is 2. The van der Waals surface area contributed by atoms with Crippen molar-refractivity contribution in [2.24, 2.45) is 0 Å². The average molecular weight is 265 g/mol. The second kappa shape index (κ2) is 5.97. The summed E-state index contributed by atoms with van der Waals surface area (Å²) in [5.41, 5.74) is 8.54. The van der Waals surface area contributed by atoms with Crippen LogP contribution in [-0.2, 0) is 0 Å². The Morgan fingerprint density at radius 2 is 1.20 bits per heavy atom. The van der Waals surface area contributed by atoms with E-state index in [1.165, 1.54) is 12.2 Å². The Morgan fingerprint density at radius 1 is 0.750 bits per heavy atom. The molecule has 0 aromatic heterocycles. The number of nitrogens with two attached hydrogens (primary N) is 1. The summed E-state index contributed by atoms with van der Waals surface area (Å²) in [6, 6.07) is 14.6. The molecule has 20 heavy (non-hydrogen) atoms. The Balaban J connectivity index is 0.000000160. The molecule has 2 aromatic rings. The zero-order valence-corrected chi connectivity index (χ0v) is 11.2. The number of aryl methyl sites for hydroxylation is 1. The van der Waals surface area contributed by atoms with Crippen LogP contribution in [-0.4, -0.2) is 11.6 Å². The molecule has 0 fully saturated rings. The SMILES string of the molecule is Cc1ccccc1N.O=C1C=CC(=O)c2ccccc21. The maximum Gasteiger partial charge on any atom is 0.186 e. The largest absolute Gasteiger partial charge is 0.399 e. The van der Waals surface area contributed by atoms with Crippen LogP contribution in [0.2, 0.25) is 0 Å². The molecule has 0 radical (unpaired) electrons. The summed E-state index contributed by atoms with van der Waals surface area (Å²) in [6.07, 6.45) is 2.62. The highest BCUT2D eigenvalue weighted by atomic mass is 16.1. The van der Waals surface area contributed by atoms with Gasteiger partial charge in [0.1, 0.15) is 0 Å². The first-order valence-electron chi connectivity index (χ1n) is 6.26. The number of rotatable bonds is 0. The number of ketones is 2. The number of para-hydroxylation sites is 1. The third-order valence-electron chi connectivity index (χ3n) is 3.03. The summed E-state index contributed by atoms with van der Waals surface area (Å²) < 4.78 is 0. The van der Waals surface area contributed by atoms with Gasteiger partial charge in [-0.2, -0.15) is 0 Å². The summed E-state index contributed by atoms with van der Waals surface area (Å²) in [7, 11) is 0. The highest BCUT2D eigenvalue weighted by Gasteiger charge is 2.16. The number of carbonyl (C=O) groups is 2. The number of hydrogen-bond acceptors (Lipinski definition) is 3. The quantitative estimate of drug-likeness (QED) is 0.744. The maximum absolute atomic E-state index is 11.2. The van der Waals surface area contributed by atoms with Crippen molar-refractivity contribution in [1.29, 1.82) is 0 Å². The molecule has 0 saturated heterocycles. The summed E-state index contributed by atoms with van der Waals surface area (Å²) in [5, 5.41) is 0. The fraction of sp³-hybridized carbons (Fsp3) is 0.0588. The van der Waals surface area contributed by atoms with E-state index in [9.17, 15) is 9.59 Å². The first-order valence-corrected chi connectivity index (χ1v) is 6.26. The van der Waals surface area contributed by atoms with Crippen molar-refractivity contribution >= 4 is 17.3 Å². The van der Waals surface area contributed by atoms with Crippen molar-refractivity contribution in [3.63, 3.8) is 0 Å². The second-order valence-corrected chi connectivity index (χ2v) is 4.46. The third-order valence-corrected chi connectivity index (χ3v) is 3.03. The zero-order valence-electron chi connectivity index (χ0n) is 11.2. The van der Waals surface area contributed by atoms with Gasteiger partial charge in [0.25, 0.3) is 0 Å². The van der Waals surface area contributed by atoms with Gasteiger partial charge in [0.15, 0.2) is 11.6 Å². The monoisotopic (exact) mass is 265 g/mol. The smallest absolute Gasteiger partial charge is 0.186 e. The molecule has 3 heteroatoms. The van der Waals surface area contributed by atoms with E-state index in [-0.39, 0.29) is 11.6 Å². The fourth-order valence-corrected chi connectivity index (χ4v) is 1.83.